The van der Waals surface area contributed by atoms with Gasteiger partial charge in [-0.25, -0.2) is 0 Å². The maximum Gasteiger partial charge on any atom is 0.135 e. The van der Waals surface area contributed by atoms with Crippen molar-refractivity contribution in [2.75, 3.05) is 0 Å². The lowest BCUT2D eigenvalue weighted by molar-refractivity contribution is 0.431. The van der Waals surface area contributed by atoms with E-state index in [0.29, 0.717) is 0 Å². The fourth-order valence-electron chi connectivity index (χ4n) is 8.40. The molecule has 266 valence electrons. The summed E-state index contributed by atoms with van der Waals surface area (Å²) in [6, 6.07) is 69.2. The zero-order valence-corrected chi connectivity index (χ0v) is 31.2. The van der Waals surface area contributed by atoms with Gasteiger partial charge >= 0.3 is 0 Å². The van der Waals surface area contributed by atoms with Gasteiger partial charge in [-0.3, -0.25) is 0 Å². The summed E-state index contributed by atoms with van der Waals surface area (Å²) < 4.78 is 13.8. The molecule has 8 aromatic carbocycles. The molecule has 55 heavy (non-hydrogen) atoms. The highest BCUT2D eigenvalue weighted by Crippen LogP contribution is 2.57. The Morgan fingerprint density at radius 3 is 1.62 bits per heavy atom. The quantitative estimate of drug-likeness (QED) is 0.148. The molecule has 9 rings (SSSR count). The van der Waals surface area contributed by atoms with Crippen LogP contribution in [0.3, 0.4) is 0 Å². The van der Waals surface area contributed by atoms with Crippen LogP contribution in [0.15, 0.2) is 194 Å². The minimum absolute atomic E-state index is 0.558. The van der Waals surface area contributed by atoms with E-state index in [1.165, 1.54) is 33.4 Å². The average molecular weight is 711 g/mol. The smallest absolute Gasteiger partial charge is 0.135 e. The molecule has 0 amide bonds. The molecule has 0 aliphatic carbocycles. The van der Waals surface area contributed by atoms with E-state index in [4.69, 9.17) is 9.47 Å². The van der Waals surface area contributed by atoms with Gasteiger partial charge < -0.3 is 9.47 Å². The SMILES string of the molecule is Cc1ccc(Oc2ccc(-c3ccc4c(c3C)Oc3ccccc3C4(c3ccccc3)c3ccccc3)cc2Cc2ccccc2)c(Cc2ccccc2)c1. The summed E-state index contributed by atoms with van der Waals surface area (Å²) in [4.78, 5) is 0. The number of aryl methyl sites for hydroxylation is 1. The summed E-state index contributed by atoms with van der Waals surface area (Å²) in [5.41, 5.74) is 13.5. The van der Waals surface area contributed by atoms with E-state index in [1.54, 1.807) is 0 Å². The minimum atomic E-state index is -0.558. The second-order valence-electron chi connectivity index (χ2n) is 14.6. The Morgan fingerprint density at radius 2 is 1.00 bits per heavy atom. The van der Waals surface area contributed by atoms with Crippen molar-refractivity contribution in [2.24, 2.45) is 0 Å². The van der Waals surface area contributed by atoms with E-state index >= 15 is 0 Å². The van der Waals surface area contributed by atoms with E-state index in [2.05, 4.69) is 208 Å². The van der Waals surface area contributed by atoms with Crippen LogP contribution in [0.5, 0.6) is 23.0 Å². The van der Waals surface area contributed by atoms with Crippen molar-refractivity contribution in [3.05, 3.63) is 250 Å². The Hall–Kier alpha value is -6.64. The van der Waals surface area contributed by atoms with E-state index in [0.717, 1.165) is 69.2 Å². The highest BCUT2D eigenvalue weighted by atomic mass is 16.5. The van der Waals surface area contributed by atoms with Crippen LogP contribution in [0.2, 0.25) is 0 Å². The highest BCUT2D eigenvalue weighted by Gasteiger charge is 2.45. The summed E-state index contributed by atoms with van der Waals surface area (Å²) in [5, 5.41) is 0. The first-order valence-electron chi connectivity index (χ1n) is 19.1. The van der Waals surface area contributed by atoms with E-state index in [-0.39, 0.29) is 0 Å². The molecule has 0 saturated carbocycles. The van der Waals surface area contributed by atoms with Gasteiger partial charge in [-0.05, 0) is 88.2 Å². The van der Waals surface area contributed by atoms with Crippen LogP contribution in [-0.2, 0) is 18.3 Å². The number of hydrogen-bond donors (Lipinski definition) is 0. The predicted octanol–water partition coefficient (Wildman–Crippen LogP) is 13.4. The van der Waals surface area contributed by atoms with Crippen molar-refractivity contribution in [3.63, 3.8) is 0 Å². The van der Waals surface area contributed by atoms with Gasteiger partial charge in [0.1, 0.15) is 23.0 Å². The molecule has 0 unspecified atom stereocenters. The van der Waals surface area contributed by atoms with Crippen molar-refractivity contribution in [3.8, 4) is 34.1 Å². The van der Waals surface area contributed by atoms with Crippen molar-refractivity contribution < 1.29 is 9.47 Å². The molecule has 2 nitrogen and oxygen atoms in total. The fourth-order valence-corrected chi connectivity index (χ4v) is 8.40. The molecule has 1 heterocycles. The van der Waals surface area contributed by atoms with Crippen LogP contribution in [0.25, 0.3) is 11.1 Å². The van der Waals surface area contributed by atoms with Gasteiger partial charge in [0.2, 0.25) is 0 Å². The van der Waals surface area contributed by atoms with Gasteiger partial charge in [0.15, 0.2) is 0 Å². The van der Waals surface area contributed by atoms with E-state index in [9.17, 15) is 0 Å². The normalized spacial score (nSPS) is 12.6. The number of fused-ring (bicyclic) bond motifs is 2. The Labute approximate surface area is 324 Å². The second-order valence-corrected chi connectivity index (χ2v) is 14.6. The Bertz CT molecular complexity index is 2550. The Morgan fingerprint density at radius 1 is 0.473 bits per heavy atom. The van der Waals surface area contributed by atoms with Crippen LogP contribution in [0.4, 0.5) is 0 Å². The second kappa shape index (κ2) is 14.6. The monoisotopic (exact) mass is 710 g/mol. The Kier molecular flexibility index (Phi) is 9.09. The molecule has 0 N–H and O–H groups in total. The lowest BCUT2D eigenvalue weighted by Gasteiger charge is -2.42. The maximum absolute atomic E-state index is 6.94. The van der Waals surface area contributed by atoms with Crippen LogP contribution >= 0.6 is 0 Å². The van der Waals surface area contributed by atoms with Crippen LogP contribution in [0.1, 0.15) is 55.6 Å². The topological polar surface area (TPSA) is 18.5 Å². The van der Waals surface area contributed by atoms with Gasteiger partial charge in [-0.1, -0.05) is 175 Å². The van der Waals surface area contributed by atoms with Gasteiger partial charge in [0.05, 0.1) is 5.41 Å². The molecule has 0 radical (unpaired) electrons. The number of hydrogen-bond acceptors (Lipinski definition) is 2. The minimum Gasteiger partial charge on any atom is -0.457 e. The first-order chi connectivity index (χ1) is 27.1. The summed E-state index contributed by atoms with van der Waals surface area (Å²) in [6.07, 6.45) is 1.54. The average Bonchev–Trinajstić information content (AvgIpc) is 3.23. The largest absolute Gasteiger partial charge is 0.457 e. The first-order valence-corrected chi connectivity index (χ1v) is 19.1. The van der Waals surface area contributed by atoms with Crippen LogP contribution in [0, 0.1) is 13.8 Å². The van der Waals surface area contributed by atoms with Crippen molar-refractivity contribution >= 4 is 0 Å². The molecule has 0 saturated heterocycles. The Balaban J connectivity index is 1.18. The third-order valence-electron chi connectivity index (χ3n) is 11.0. The molecule has 1 aliphatic rings. The molecule has 2 heteroatoms. The molecular weight excluding hydrogens is 669 g/mol. The number of rotatable bonds is 9. The van der Waals surface area contributed by atoms with Crippen molar-refractivity contribution in [1.82, 2.24) is 0 Å². The molecule has 8 aromatic rings. The zero-order chi connectivity index (χ0) is 37.2. The molecule has 0 fully saturated rings. The van der Waals surface area contributed by atoms with Crippen molar-refractivity contribution in [1.29, 1.82) is 0 Å². The fraction of sp³-hybridized carbons (Fsp3) is 0.0943. The number of para-hydroxylation sites is 1. The van der Waals surface area contributed by atoms with Crippen LogP contribution < -0.4 is 9.47 Å². The third-order valence-corrected chi connectivity index (χ3v) is 11.0. The number of benzene rings is 8. The van der Waals surface area contributed by atoms with Gasteiger partial charge in [-0.2, -0.15) is 0 Å². The molecular formula is C53H42O2. The predicted molar refractivity (Wildman–Crippen MR) is 225 cm³/mol. The van der Waals surface area contributed by atoms with Gasteiger partial charge in [0.25, 0.3) is 0 Å². The highest BCUT2D eigenvalue weighted by molar-refractivity contribution is 5.78. The lowest BCUT2D eigenvalue weighted by Crippen LogP contribution is -2.34. The third kappa shape index (κ3) is 6.40. The number of ether oxygens (including phenoxy) is 2. The van der Waals surface area contributed by atoms with E-state index in [1.807, 2.05) is 0 Å². The summed E-state index contributed by atoms with van der Waals surface area (Å²) in [5.74, 6) is 3.52. The van der Waals surface area contributed by atoms with Gasteiger partial charge in [0, 0.05) is 24.0 Å². The lowest BCUT2D eigenvalue weighted by atomic mass is 9.63. The molecule has 0 atom stereocenters. The molecule has 0 spiro atoms. The first kappa shape index (κ1) is 34.1. The van der Waals surface area contributed by atoms with Gasteiger partial charge in [-0.15, -0.1) is 0 Å². The molecule has 0 bridgehead atoms. The molecule has 0 aromatic heterocycles. The van der Waals surface area contributed by atoms with Crippen LogP contribution in [-0.4, -0.2) is 0 Å². The van der Waals surface area contributed by atoms with E-state index < -0.39 is 5.41 Å². The maximum atomic E-state index is 6.94. The summed E-state index contributed by atoms with van der Waals surface area (Å²) in [7, 11) is 0. The zero-order valence-electron chi connectivity index (χ0n) is 31.2. The summed E-state index contributed by atoms with van der Waals surface area (Å²) in [6.45, 7) is 4.34. The standard InChI is InChI=1S/C53H42O2/c1-37-27-31-49(42(33-37)34-39-17-7-3-8-18-39)54-50-32-28-41(36-43(50)35-40-19-9-4-10-20-40)46-29-30-48-52(38(46)2)55-51-26-16-15-25-47(51)53(48,44-21-11-5-12-22-44)45-23-13-6-14-24-45/h3-33,36H,34-35H2,1-2H3. The molecule has 1 aliphatic heterocycles. The summed E-state index contributed by atoms with van der Waals surface area (Å²) >= 11 is 0. The van der Waals surface area contributed by atoms with Crippen molar-refractivity contribution in [2.45, 2.75) is 32.1 Å².